The van der Waals surface area contributed by atoms with Gasteiger partial charge >= 0.3 is 0 Å². The molecule has 0 spiro atoms. The first-order valence-corrected chi connectivity index (χ1v) is 10.3. The van der Waals surface area contributed by atoms with Crippen molar-refractivity contribution in [2.45, 2.75) is 19.4 Å². The van der Waals surface area contributed by atoms with Gasteiger partial charge < -0.3 is 20.7 Å². The number of nitrogens with zero attached hydrogens (tertiary/aromatic N) is 1. The molecule has 0 bridgehead atoms. The maximum absolute atomic E-state index is 12.4. The molecule has 0 amide bonds. The van der Waals surface area contributed by atoms with Gasteiger partial charge in [0.15, 0.2) is 0 Å². The summed E-state index contributed by atoms with van der Waals surface area (Å²) in [6, 6.07) is 5.07. The van der Waals surface area contributed by atoms with Gasteiger partial charge in [0.25, 0.3) is 5.56 Å². The van der Waals surface area contributed by atoms with Gasteiger partial charge in [0.05, 0.1) is 32.2 Å². The van der Waals surface area contributed by atoms with Gasteiger partial charge in [-0.3, -0.25) is 4.79 Å². The van der Waals surface area contributed by atoms with E-state index in [1.54, 1.807) is 44.4 Å². The number of fused-ring (bicyclic) bond motifs is 3. The number of halogens is 3. The predicted octanol–water partition coefficient (Wildman–Crippen LogP) is 3.05. The first-order valence-electron chi connectivity index (χ1n) is 8.79. The van der Waals surface area contributed by atoms with E-state index in [4.69, 9.17) is 23.2 Å². The molecule has 1 aliphatic rings. The fourth-order valence-corrected chi connectivity index (χ4v) is 4.40. The summed E-state index contributed by atoms with van der Waals surface area (Å²) in [4.78, 5) is 19.8. The Kier molecular flexibility index (Phi) is 5.11. The Bertz CT molecular complexity index is 1310. The first-order chi connectivity index (χ1) is 13.7. The number of pyridine rings is 2. The van der Waals surface area contributed by atoms with E-state index in [1.807, 2.05) is 0 Å². The zero-order valence-electron chi connectivity index (χ0n) is 15.5. The van der Waals surface area contributed by atoms with Crippen molar-refractivity contribution < 1.29 is 5.11 Å². The van der Waals surface area contributed by atoms with Crippen LogP contribution in [0.4, 0.5) is 11.5 Å². The van der Waals surface area contributed by atoms with Gasteiger partial charge in [-0.2, -0.15) is 0 Å². The van der Waals surface area contributed by atoms with Crippen LogP contribution in [0.5, 0.6) is 0 Å². The lowest BCUT2D eigenvalue weighted by Gasteiger charge is -2.21. The molecular weight excluding hydrogens is 479 g/mol. The molecule has 29 heavy (non-hydrogen) atoms. The molecule has 1 aromatic carbocycles. The SMILES string of the molecule is CC(C)(O)c1cc(Cl)c(Nc2nc3cc[nH]c(=O)c3c3c2=C(Br)CNC=3)c(Cl)c1. The molecule has 4 rings (SSSR count). The average molecular weight is 496 g/mol. The fourth-order valence-electron chi connectivity index (χ4n) is 3.26. The monoisotopic (exact) mass is 494 g/mol. The maximum Gasteiger partial charge on any atom is 0.258 e. The van der Waals surface area contributed by atoms with Crippen molar-refractivity contribution in [2.75, 3.05) is 11.9 Å². The molecule has 0 fully saturated rings. The van der Waals surface area contributed by atoms with E-state index in [0.29, 0.717) is 44.6 Å². The standard InChI is InChI=1S/C20H17BrCl2N4O2/c1-20(2,29)9-5-12(22)17(13(23)6-9)27-18-15-10(7-24-8-11(15)21)16-14(26-18)3-4-25-19(16)28/h3-7,24,29H,8H2,1-2H3,(H,25,28)(H,26,27). The van der Waals surface area contributed by atoms with E-state index in [1.165, 1.54) is 0 Å². The summed E-state index contributed by atoms with van der Waals surface area (Å²) in [7, 11) is 0. The Morgan fingerprint density at radius 3 is 2.62 bits per heavy atom. The summed E-state index contributed by atoms with van der Waals surface area (Å²) in [6.45, 7) is 3.88. The van der Waals surface area contributed by atoms with Crippen molar-refractivity contribution >= 4 is 72.2 Å². The van der Waals surface area contributed by atoms with Crippen molar-refractivity contribution in [1.29, 1.82) is 0 Å². The van der Waals surface area contributed by atoms with E-state index in [-0.39, 0.29) is 5.56 Å². The van der Waals surface area contributed by atoms with Gasteiger partial charge in [0.2, 0.25) is 0 Å². The molecule has 6 nitrogen and oxygen atoms in total. The van der Waals surface area contributed by atoms with Crippen LogP contribution >= 0.6 is 39.1 Å². The minimum absolute atomic E-state index is 0.219. The summed E-state index contributed by atoms with van der Waals surface area (Å²) >= 11 is 16.5. The Labute approximate surface area is 184 Å². The van der Waals surface area contributed by atoms with E-state index < -0.39 is 5.60 Å². The first kappa shape index (κ1) is 20.2. The van der Waals surface area contributed by atoms with Gasteiger partial charge in [-0.05, 0) is 37.6 Å². The number of hydrogen-bond acceptors (Lipinski definition) is 5. The van der Waals surface area contributed by atoms with Gasteiger partial charge in [-0.1, -0.05) is 39.1 Å². The van der Waals surface area contributed by atoms with Crippen molar-refractivity contribution in [3.8, 4) is 0 Å². The number of aromatic amines is 1. The van der Waals surface area contributed by atoms with Gasteiger partial charge in [0, 0.05) is 33.9 Å². The summed E-state index contributed by atoms with van der Waals surface area (Å²) < 4.78 is 0.843. The van der Waals surface area contributed by atoms with Crippen LogP contribution in [0, 0.1) is 0 Å². The van der Waals surface area contributed by atoms with Crippen molar-refractivity contribution in [3.63, 3.8) is 0 Å². The molecule has 4 N–H and O–H groups in total. The Balaban J connectivity index is 1.97. The molecule has 0 radical (unpaired) electrons. The van der Waals surface area contributed by atoms with Crippen molar-refractivity contribution in [1.82, 2.24) is 15.3 Å². The highest BCUT2D eigenvalue weighted by Gasteiger charge is 2.21. The van der Waals surface area contributed by atoms with Crippen LogP contribution in [0.1, 0.15) is 19.4 Å². The van der Waals surface area contributed by atoms with Crippen LogP contribution in [-0.4, -0.2) is 21.6 Å². The molecule has 0 saturated heterocycles. The summed E-state index contributed by atoms with van der Waals surface area (Å²) in [5, 5.41) is 19.3. The van der Waals surface area contributed by atoms with E-state index in [2.05, 4.69) is 36.5 Å². The zero-order chi connectivity index (χ0) is 20.9. The van der Waals surface area contributed by atoms with Crippen LogP contribution in [0.15, 0.2) is 29.2 Å². The number of nitrogens with one attached hydrogen (secondary N) is 3. The fraction of sp³-hybridized carbons (Fsp3) is 0.200. The Morgan fingerprint density at radius 2 is 1.97 bits per heavy atom. The second-order valence-corrected chi connectivity index (χ2v) is 9.02. The smallest absolute Gasteiger partial charge is 0.258 e. The third-order valence-corrected chi connectivity index (χ3v) is 5.99. The summed E-state index contributed by atoms with van der Waals surface area (Å²) in [5.41, 5.74) is 0.312. The highest BCUT2D eigenvalue weighted by Crippen LogP contribution is 2.36. The lowest BCUT2D eigenvalue weighted by Crippen LogP contribution is -2.40. The number of aliphatic hydroxyl groups is 1. The highest BCUT2D eigenvalue weighted by molar-refractivity contribution is 9.14. The van der Waals surface area contributed by atoms with Crippen molar-refractivity contribution in [3.05, 3.63) is 60.8 Å². The molecule has 3 heterocycles. The summed E-state index contributed by atoms with van der Waals surface area (Å²) in [5.74, 6) is 0.516. The molecule has 9 heteroatoms. The molecule has 0 saturated carbocycles. The third-order valence-electron chi connectivity index (χ3n) is 4.71. The molecule has 150 valence electrons. The number of benzene rings is 1. The minimum atomic E-state index is -1.08. The maximum atomic E-state index is 12.4. The third kappa shape index (κ3) is 3.64. The Hall–Kier alpha value is -2.06. The Morgan fingerprint density at radius 1 is 1.28 bits per heavy atom. The molecule has 0 atom stereocenters. The van der Waals surface area contributed by atoms with E-state index in [0.717, 1.165) is 14.9 Å². The average Bonchev–Trinajstić information content (AvgIpc) is 2.63. The van der Waals surface area contributed by atoms with E-state index >= 15 is 0 Å². The van der Waals surface area contributed by atoms with Crippen molar-refractivity contribution in [2.24, 2.45) is 0 Å². The largest absolute Gasteiger partial charge is 0.386 e. The number of hydrogen-bond donors (Lipinski definition) is 4. The van der Waals surface area contributed by atoms with Gasteiger partial charge in [0.1, 0.15) is 5.82 Å². The molecule has 0 aliphatic carbocycles. The lowest BCUT2D eigenvalue weighted by atomic mass is 9.98. The number of H-pyrrole nitrogens is 1. The molecular formula is C20H17BrCl2N4O2. The molecule has 3 aromatic rings. The molecule has 1 aliphatic heterocycles. The normalized spacial score (nSPS) is 13.7. The van der Waals surface area contributed by atoms with Crippen LogP contribution in [0.25, 0.3) is 21.6 Å². The topological polar surface area (TPSA) is 90.0 Å². The zero-order valence-corrected chi connectivity index (χ0v) is 18.6. The second-order valence-electron chi connectivity index (χ2n) is 7.25. The van der Waals surface area contributed by atoms with Crippen LogP contribution < -0.4 is 26.6 Å². The van der Waals surface area contributed by atoms with Gasteiger partial charge in [-0.15, -0.1) is 0 Å². The van der Waals surface area contributed by atoms with Gasteiger partial charge in [-0.25, -0.2) is 4.98 Å². The molecule has 0 unspecified atom stereocenters. The number of rotatable bonds is 3. The molecule has 2 aromatic heterocycles. The minimum Gasteiger partial charge on any atom is -0.386 e. The number of anilines is 2. The van der Waals surface area contributed by atoms with E-state index in [9.17, 15) is 9.90 Å². The van der Waals surface area contributed by atoms with Crippen LogP contribution in [0.3, 0.4) is 0 Å². The predicted molar refractivity (Wildman–Crippen MR) is 121 cm³/mol. The van der Waals surface area contributed by atoms with Crippen LogP contribution in [0.2, 0.25) is 10.0 Å². The highest BCUT2D eigenvalue weighted by atomic mass is 79.9. The quantitative estimate of drug-likeness (QED) is 0.448. The second kappa shape index (κ2) is 7.32. The lowest BCUT2D eigenvalue weighted by molar-refractivity contribution is 0.0786. The number of aromatic nitrogens is 2. The van der Waals surface area contributed by atoms with Crippen LogP contribution in [-0.2, 0) is 5.60 Å². The summed E-state index contributed by atoms with van der Waals surface area (Å²) in [6.07, 6.45) is 3.35.